The highest BCUT2D eigenvalue weighted by Gasteiger charge is 2.62. The lowest BCUT2D eigenvalue weighted by Gasteiger charge is -2.29. The molecule has 15 nitrogen and oxygen atoms in total. The second-order valence-corrected chi connectivity index (χ2v) is 18.7. The highest BCUT2D eigenvalue weighted by Crippen LogP contribution is 2.46. The summed E-state index contributed by atoms with van der Waals surface area (Å²) in [5, 5.41) is 6.16. The van der Waals surface area contributed by atoms with Gasteiger partial charge in [0, 0.05) is 23.2 Å². The second-order valence-electron chi connectivity index (χ2n) is 15.6. The van der Waals surface area contributed by atoms with Crippen molar-refractivity contribution < 1.29 is 32.3 Å². The van der Waals surface area contributed by atoms with Gasteiger partial charge in [0.1, 0.15) is 41.4 Å². The topological polar surface area (TPSA) is 203 Å². The number of rotatable bonds is 8. The van der Waals surface area contributed by atoms with Gasteiger partial charge in [0.15, 0.2) is 0 Å². The third kappa shape index (κ3) is 8.00. The van der Waals surface area contributed by atoms with Gasteiger partial charge in [-0.3, -0.25) is 23.9 Å². The molecule has 0 bridgehead atoms. The first-order valence-electron chi connectivity index (χ1n) is 19.9. The third-order valence-corrected chi connectivity index (χ3v) is 14.4. The van der Waals surface area contributed by atoms with Crippen molar-refractivity contribution in [2.24, 2.45) is 5.92 Å². The molecule has 1 saturated heterocycles. The van der Waals surface area contributed by atoms with Gasteiger partial charge in [0.2, 0.25) is 27.7 Å². The van der Waals surface area contributed by atoms with E-state index in [4.69, 9.17) is 14.7 Å². The molecule has 4 amide bonds. The Morgan fingerprint density at radius 3 is 2.54 bits per heavy atom. The number of aromatic nitrogens is 4. The number of hydrogen-bond donors (Lipinski definition) is 3. The number of carbonyl (C=O) groups excluding carboxylic acids is 4. The first-order chi connectivity index (χ1) is 28.6. The van der Waals surface area contributed by atoms with E-state index in [0.29, 0.717) is 48.8 Å². The van der Waals surface area contributed by atoms with Gasteiger partial charge in [-0.15, -0.1) is 11.3 Å². The highest BCUT2D eigenvalue weighted by atomic mass is 32.2. The maximum absolute atomic E-state index is 14.8. The number of thiophene rings is 1. The van der Waals surface area contributed by atoms with Crippen molar-refractivity contribution in [3.8, 4) is 16.5 Å². The van der Waals surface area contributed by atoms with E-state index in [0.717, 1.165) is 27.8 Å². The van der Waals surface area contributed by atoms with Crippen molar-refractivity contribution in [2.45, 2.75) is 86.8 Å². The number of ether oxygens (including phenoxy) is 1. The number of carbonyl (C=O) groups is 4. The Balaban J connectivity index is 1.06. The van der Waals surface area contributed by atoms with Crippen LogP contribution in [-0.2, 0) is 24.4 Å². The average molecular weight is 835 g/mol. The lowest BCUT2D eigenvalue weighted by Crippen LogP contribution is -2.58. The normalized spacial score (nSPS) is 25.5. The SMILES string of the molecule is O=C(N[C@H]1CCCCC/C=C\[C@@H]2C[C@@]2(C(=O)NS(=O)(=O)C2CC2)NC(=O)[C@@H]2C[C@@H](Oc3nc4ccccc4nc3-c3cc4ccccc4s3)CN2C1=O)c1ccncn1. The van der Waals surface area contributed by atoms with Gasteiger partial charge < -0.3 is 20.3 Å². The predicted molar refractivity (Wildman–Crippen MR) is 219 cm³/mol. The van der Waals surface area contributed by atoms with Crippen LogP contribution >= 0.6 is 11.3 Å². The molecule has 2 aromatic carbocycles. The number of nitrogens with zero attached hydrogens (tertiary/aromatic N) is 5. The Morgan fingerprint density at radius 2 is 1.76 bits per heavy atom. The van der Waals surface area contributed by atoms with Crippen molar-refractivity contribution in [1.29, 1.82) is 0 Å². The van der Waals surface area contributed by atoms with Crippen molar-refractivity contribution in [1.82, 2.24) is 40.2 Å². The number of nitrogens with one attached hydrogen (secondary N) is 3. The fraction of sp³-hybridized carbons (Fsp3) is 0.381. The van der Waals surface area contributed by atoms with E-state index in [2.05, 4.69) is 25.3 Å². The monoisotopic (exact) mass is 834 g/mol. The summed E-state index contributed by atoms with van der Waals surface area (Å²) in [5.41, 5.74) is 0.345. The van der Waals surface area contributed by atoms with Crippen LogP contribution in [0.15, 0.2) is 85.3 Å². The van der Waals surface area contributed by atoms with E-state index < -0.39 is 68.5 Å². The van der Waals surface area contributed by atoms with E-state index in [1.165, 1.54) is 23.5 Å². The Bertz CT molecular complexity index is 2570. The summed E-state index contributed by atoms with van der Waals surface area (Å²) in [6, 6.07) is 16.7. The quantitative estimate of drug-likeness (QED) is 0.187. The summed E-state index contributed by atoms with van der Waals surface area (Å²) in [4.78, 5) is 76.7. The van der Waals surface area contributed by atoms with E-state index in [-0.39, 0.29) is 31.0 Å². The van der Waals surface area contributed by atoms with E-state index in [1.807, 2.05) is 66.7 Å². The van der Waals surface area contributed by atoms with Crippen LogP contribution in [0.2, 0.25) is 0 Å². The van der Waals surface area contributed by atoms with Crippen LogP contribution in [0.25, 0.3) is 31.7 Å². The van der Waals surface area contributed by atoms with Crippen LogP contribution < -0.4 is 20.1 Å². The second kappa shape index (κ2) is 15.7. The number of para-hydroxylation sites is 2. The van der Waals surface area contributed by atoms with E-state index in [9.17, 15) is 27.6 Å². The highest BCUT2D eigenvalue weighted by molar-refractivity contribution is 7.91. The van der Waals surface area contributed by atoms with Crippen LogP contribution in [0, 0.1) is 5.92 Å². The minimum Gasteiger partial charge on any atom is -0.471 e. The lowest BCUT2D eigenvalue weighted by molar-refractivity contribution is -0.141. The molecule has 2 aliphatic carbocycles. The number of hydrogen-bond acceptors (Lipinski definition) is 12. The molecule has 3 aromatic heterocycles. The van der Waals surface area contributed by atoms with Gasteiger partial charge in [-0.05, 0) is 74.2 Å². The summed E-state index contributed by atoms with van der Waals surface area (Å²) < 4.78 is 35.9. The summed E-state index contributed by atoms with van der Waals surface area (Å²) in [6.45, 7) is -0.0459. The molecule has 2 aliphatic heterocycles. The third-order valence-electron chi connectivity index (χ3n) is 11.4. The summed E-state index contributed by atoms with van der Waals surface area (Å²) >= 11 is 1.54. The van der Waals surface area contributed by atoms with Gasteiger partial charge in [0.05, 0.1) is 27.7 Å². The van der Waals surface area contributed by atoms with Crippen molar-refractivity contribution >= 4 is 66.1 Å². The van der Waals surface area contributed by atoms with Crippen LogP contribution in [0.3, 0.4) is 0 Å². The number of fused-ring (bicyclic) bond motifs is 4. The van der Waals surface area contributed by atoms with Crippen molar-refractivity contribution in [2.75, 3.05) is 6.54 Å². The van der Waals surface area contributed by atoms with Gasteiger partial charge in [-0.1, -0.05) is 55.3 Å². The molecule has 3 N–H and O–H groups in total. The fourth-order valence-electron chi connectivity index (χ4n) is 7.99. The number of benzene rings is 2. The molecule has 2 saturated carbocycles. The largest absolute Gasteiger partial charge is 0.471 e. The van der Waals surface area contributed by atoms with Gasteiger partial charge in [-0.2, -0.15) is 0 Å². The zero-order chi connectivity index (χ0) is 40.7. The van der Waals surface area contributed by atoms with Gasteiger partial charge in [-0.25, -0.2) is 28.4 Å². The van der Waals surface area contributed by atoms with E-state index >= 15 is 0 Å². The Hall–Kier alpha value is -5.81. The zero-order valence-corrected chi connectivity index (χ0v) is 33.6. The molecule has 0 unspecified atom stereocenters. The molecule has 304 valence electrons. The number of allylic oxidation sites excluding steroid dienone is 1. The molecule has 5 heterocycles. The molecule has 0 spiro atoms. The maximum Gasteiger partial charge on any atom is 0.270 e. The van der Waals surface area contributed by atoms with Gasteiger partial charge >= 0.3 is 0 Å². The first-order valence-corrected chi connectivity index (χ1v) is 22.3. The first kappa shape index (κ1) is 38.7. The lowest BCUT2D eigenvalue weighted by atomic mass is 10.0. The Labute approximate surface area is 344 Å². The van der Waals surface area contributed by atoms with E-state index in [1.54, 1.807) is 11.3 Å². The molecule has 3 fully saturated rings. The van der Waals surface area contributed by atoms with Crippen molar-refractivity contribution in [3.05, 3.63) is 91.0 Å². The Kier molecular flexibility index (Phi) is 10.3. The molecule has 5 aromatic rings. The molecule has 59 heavy (non-hydrogen) atoms. The van der Waals surface area contributed by atoms with Crippen LogP contribution in [0.1, 0.15) is 68.3 Å². The molecule has 4 aliphatic rings. The molecule has 0 radical (unpaired) electrons. The summed E-state index contributed by atoms with van der Waals surface area (Å²) in [7, 11) is -3.91. The van der Waals surface area contributed by atoms with Crippen LogP contribution in [0.5, 0.6) is 5.88 Å². The molecule has 5 atom stereocenters. The number of sulfonamides is 1. The number of amides is 4. The maximum atomic E-state index is 14.8. The minimum atomic E-state index is -3.91. The summed E-state index contributed by atoms with van der Waals surface area (Å²) in [6.07, 6.45) is 10.0. The Morgan fingerprint density at radius 1 is 0.966 bits per heavy atom. The average Bonchev–Trinajstić information content (AvgIpc) is 4.13. The van der Waals surface area contributed by atoms with Crippen molar-refractivity contribution in [3.63, 3.8) is 0 Å². The van der Waals surface area contributed by atoms with Gasteiger partial charge in [0.25, 0.3) is 11.8 Å². The molecule has 9 rings (SSSR count). The molecular weight excluding hydrogens is 793 g/mol. The minimum absolute atomic E-state index is 0.0170. The predicted octanol–water partition coefficient (Wildman–Crippen LogP) is 4.45. The smallest absolute Gasteiger partial charge is 0.270 e. The molecular formula is C42H42N8O7S2. The standard InChI is InChI=1S/C42H42N8O7S2/c51-37(31-18-19-43-24-44-31)46-32-14-5-3-1-2-4-11-26-22-42(26,41(54)49-59(55,56)28-16-17-28)48-38(52)33-21-27(23-50(33)40(32)53)57-39-36(45-29-12-7-8-13-30(29)47-39)35-20-25-10-6-9-15-34(25)58-35/h4,6-13,15,18-20,24,26-28,32-33H,1-3,5,14,16-17,21-23H2,(H,46,51)(H,48,52)(H,49,54)/b11-4-/t26-,27-,32+,33+,42-/m1/s1. The zero-order valence-electron chi connectivity index (χ0n) is 32.0. The summed E-state index contributed by atoms with van der Waals surface area (Å²) in [5.74, 6) is -2.70. The van der Waals surface area contributed by atoms with Crippen LogP contribution in [0.4, 0.5) is 0 Å². The molecule has 17 heteroatoms. The van der Waals surface area contributed by atoms with Crippen LogP contribution in [-0.4, -0.2) is 92.4 Å². The fourth-order valence-corrected chi connectivity index (χ4v) is 10.4.